The Labute approximate surface area is 177 Å². The fraction of sp³-hybridized carbons (Fsp3) is 0.217. The summed E-state index contributed by atoms with van der Waals surface area (Å²) in [5, 5.41) is 0.625. The van der Waals surface area contributed by atoms with Crippen molar-refractivity contribution in [2.75, 3.05) is 13.7 Å². The molecule has 0 aliphatic carbocycles. The molecule has 1 aliphatic heterocycles. The Morgan fingerprint density at radius 1 is 1.07 bits per heavy atom. The summed E-state index contributed by atoms with van der Waals surface area (Å²) in [6.45, 7) is 2.52. The van der Waals surface area contributed by atoms with Crippen LogP contribution >= 0.6 is 11.3 Å². The summed E-state index contributed by atoms with van der Waals surface area (Å²) in [6, 6.07) is 17.5. The summed E-state index contributed by atoms with van der Waals surface area (Å²) < 4.78 is 6.56. The minimum Gasteiger partial charge on any atom is -0.495 e. The fourth-order valence-electron chi connectivity index (χ4n) is 4.14. The lowest BCUT2D eigenvalue weighted by atomic mass is 10.0. The molecule has 2 aromatic carbocycles. The number of benzene rings is 2. The lowest BCUT2D eigenvalue weighted by molar-refractivity contribution is 0.249. The summed E-state index contributed by atoms with van der Waals surface area (Å²) in [6.07, 6.45) is 0.787. The average molecular weight is 420 g/mol. The molecule has 0 saturated carbocycles. The van der Waals surface area contributed by atoms with Crippen molar-refractivity contribution in [2.24, 2.45) is 0 Å². The van der Waals surface area contributed by atoms with E-state index in [1.165, 1.54) is 28.6 Å². The maximum absolute atomic E-state index is 13.4. The molecular formula is C23H21N3O3S. The highest BCUT2D eigenvalue weighted by Crippen LogP contribution is 2.33. The standard InChI is InChI=1S/C23H21N3O3S/c1-29-18-10-6-5-9-17(18)26-22(27)20-16-11-12-25(13-15-7-3-2-4-8-15)14-19(16)30-21(20)24-23(26)28/h2-10H,11-14H2,1H3,(H,24,28). The highest BCUT2D eigenvalue weighted by Gasteiger charge is 2.25. The van der Waals surface area contributed by atoms with Crippen LogP contribution < -0.4 is 16.0 Å². The lowest BCUT2D eigenvalue weighted by Crippen LogP contribution is -2.34. The van der Waals surface area contributed by atoms with Crippen molar-refractivity contribution in [2.45, 2.75) is 19.5 Å². The number of para-hydroxylation sites is 2. The number of nitrogens with one attached hydrogen (secondary N) is 1. The number of aromatic amines is 1. The molecule has 0 amide bonds. The Hall–Kier alpha value is -3.16. The molecule has 1 N–H and O–H groups in total. The molecule has 2 aromatic heterocycles. The predicted octanol–water partition coefficient (Wildman–Crippen LogP) is 3.31. The van der Waals surface area contributed by atoms with Gasteiger partial charge in [0.1, 0.15) is 10.6 Å². The molecule has 0 unspecified atom stereocenters. The zero-order valence-corrected chi connectivity index (χ0v) is 17.4. The normalized spacial score (nSPS) is 14.0. The van der Waals surface area contributed by atoms with Crippen LogP contribution in [0.4, 0.5) is 0 Å². The fourth-order valence-corrected chi connectivity index (χ4v) is 5.41. The number of hydrogen-bond donors (Lipinski definition) is 1. The predicted molar refractivity (Wildman–Crippen MR) is 119 cm³/mol. The van der Waals surface area contributed by atoms with E-state index in [-0.39, 0.29) is 5.56 Å². The molecule has 5 rings (SSSR count). The lowest BCUT2D eigenvalue weighted by Gasteiger charge is -2.26. The highest BCUT2D eigenvalue weighted by atomic mass is 32.1. The van der Waals surface area contributed by atoms with E-state index in [0.29, 0.717) is 21.7 Å². The Bertz CT molecular complexity index is 1340. The Kier molecular flexibility index (Phi) is 4.77. The zero-order chi connectivity index (χ0) is 20.7. The molecule has 3 heterocycles. The number of hydrogen-bond acceptors (Lipinski definition) is 5. The van der Waals surface area contributed by atoms with Gasteiger partial charge in [-0.05, 0) is 29.7 Å². The highest BCUT2D eigenvalue weighted by molar-refractivity contribution is 7.18. The Morgan fingerprint density at radius 2 is 1.83 bits per heavy atom. The van der Waals surface area contributed by atoms with Crippen LogP contribution in [-0.2, 0) is 19.5 Å². The van der Waals surface area contributed by atoms with E-state index in [4.69, 9.17) is 4.74 Å². The van der Waals surface area contributed by atoms with E-state index >= 15 is 0 Å². The van der Waals surface area contributed by atoms with Gasteiger partial charge >= 0.3 is 5.69 Å². The number of thiophene rings is 1. The summed E-state index contributed by atoms with van der Waals surface area (Å²) >= 11 is 1.51. The first-order valence-electron chi connectivity index (χ1n) is 9.85. The minimum atomic E-state index is -0.447. The first kappa shape index (κ1) is 18.8. The van der Waals surface area contributed by atoms with Gasteiger partial charge in [-0.25, -0.2) is 9.36 Å². The van der Waals surface area contributed by atoms with Gasteiger partial charge < -0.3 is 4.74 Å². The SMILES string of the molecule is COc1ccccc1-n1c(=O)[nH]c2sc3c(c2c1=O)CCN(Cc1ccccc1)C3. The summed E-state index contributed by atoms with van der Waals surface area (Å²) in [5.41, 5.74) is 2.05. The summed E-state index contributed by atoms with van der Waals surface area (Å²) in [4.78, 5) is 33.3. The first-order chi connectivity index (χ1) is 14.7. The number of fused-ring (bicyclic) bond motifs is 3. The molecule has 30 heavy (non-hydrogen) atoms. The van der Waals surface area contributed by atoms with Gasteiger partial charge in [-0.2, -0.15) is 0 Å². The Balaban J connectivity index is 1.58. The largest absolute Gasteiger partial charge is 0.495 e. The topological polar surface area (TPSA) is 67.3 Å². The number of rotatable bonds is 4. The van der Waals surface area contributed by atoms with Crippen LogP contribution in [0.15, 0.2) is 64.2 Å². The molecule has 152 valence electrons. The van der Waals surface area contributed by atoms with Crippen LogP contribution in [0.25, 0.3) is 15.9 Å². The third kappa shape index (κ3) is 3.16. The van der Waals surface area contributed by atoms with E-state index < -0.39 is 5.69 Å². The van der Waals surface area contributed by atoms with Crippen LogP contribution in [-0.4, -0.2) is 28.1 Å². The maximum Gasteiger partial charge on any atom is 0.334 e. The molecule has 0 atom stereocenters. The van der Waals surface area contributed by atoms with Crippen molar-refractivity contribution in [1.82, 2.24) is 14.5 Å². The van der Waals surface area contributed by atoms with Gasteiger partial charge in [-0.3, -0.25) is 14.7 Å². The maximum atomic E-state index is 13.4. The number of methoxy groups -OCH3 is 1. The van der Waals surface area contributed by atoms with Crippen LogP contribution in [0, 0.1) is 0 Å². The van der Waals surface area contributed by atoms with Gasteiger partial charge in [-0.1, -0.05) is 42.5 Å². The van der Waals surface area contributed by atoms with Gasteiger partial charge in [0.05, 0.1) is 18.2 Å². The van der Waals surface area contributed by atoms with Crippen molar-refractivity contribution in [3.05, 3.63) is 91.4 Å². The van der Waals surface area contributed by atoms with Crippen LogP contribution in [0.3, 0.4) is 0 Å². The molecule has 7 heteroatoms. The van der Waals surface area contributed by atoms with Crippen molar-refractivity contribution >= 4 is 21.6 Å². The van der Waals surface area contributed by atoms with Crippen molar-refractivity contribution < 1.29 is 4.74 Å². The third-order valence-corrected chi connectivity index (χ3v) is 6.68. The second-order valence-electron chi connectivity index (χ2n) is 7.40. The third-order valence-electron chi connectivity index (χ3n) is 5.55. The molecular weight excluding hydrogens is 398 g/mol. The van der Waals surface area contributed by atoms with Crippen LogP contribution in [0.2, 0.25) is 0 Å². The van der Waals surface area contributed by atoms with Crippen LogP contribution in [0.5, 0.6) is 5.75 Å². The molecule has 1 aliphatic rings. The van der Waals surface area contributed by atoms with Gasteiger partial charge in [0.15, 0.2) is 0 Å². The van der Waals surface area contributed by atoms with Crippen molar-refractivity contribution in [3.8, 4) is 11.4 Å². The number of ether oxygens (including phenoxy) is 1. The quantitative estimate of drug-likeness (QED) is 0.551. The molecule has 4 aromatic rings. The van der Waals surface area contributed by atoms with Crippen LogP contribution in [0.1, 0.15) is 16.0 Å². The second kappa shape index (κ2) is 7.59. The average Bonchev–Trinajstić information content (AvgIpc) is 3.12. The number of H-pyrrole nitrogens is 1. The Morgan fingerprint density at radius 3 is 2.63 bits per heavy atom. The van der Waals surface area contributed by atoms with Gasteiger partial charge in [0.25, 0.3) is 5.56 Å². The van der Waals surface area contributed by atoms with E-state index in [1.807, 2.05) is 12.1 Å². The summed E-state index contributed by atoms with van der Waals surface area (Å²) in [7, 11) is 1.53. The molecule has 0 spiro atoms. The second-order valence-corrected chi connectivity index (χ2v) is 8.50. The first-order valence-corrected chi connectivity index (χ1v) is 10.7. The van der Waals surface area contributed by atoms with Gasteiger partial charge in [-0.15, -0.1) is 11.3 Å². The zero-order valence-electron chi connectivity index (χ0n) is 16.6. The van der Waals surface area contributed by atoms with E-state index in [9.17, 15) is 9.59 Å². The molecule has 6 nitrogen and oxygen atoms in total. The van der Waals surface area contributed by atoms with Gasteiger partial charge in [0.2, 0.25) is 0 Å². The van der Waals surface area contributed by atoms with Gasteiger partial charge in [0, 0.05) is 24.5 Å². The number of aromatic nitrogens is 2. The van der Waals surface area contributed by atoms with E-state index in [0.717, 1.165) is 36.5 Å². The number of nitrogens with zero attached hydrogens (tertiary/aromatic N) is 2. The smallest absolute Gasteiger partial charge is 0.334 e. The molecule has 0 bridgehead atoms. The van der Waals surface area contributed by atoms with Crippen molar-refractivity contribution in [1.29, 1.82) is 0 Å². The van der Waals surface area contributed by atoms with E-state index in [2.05, 4.69) is 34.1 Å². The van der Waals surface area contributed by atoms with Crippen molar-refractivity contribution in [3.63, 3.8) is 0 Å². The molecule has 0 radical (unpaired) electrons. The van der Waals surface area contributed by atoms with E-state index in [1.54, 1.807) is 18.2 Å². The summed E-state index contributed by atoms with van der Waals surface area (Å²) in [5.74, 6) is 0.489. The molecule has 0 saturated heterocycles. The molecule has 0 fully saturated rings. The minimum absolute atomic E-state index is 0.285. The monoisotopic (exact) mass is 419 g/mol.